The van der Waals surface area contributed by atoms with Crippen LogP contribution < -0.4 is 0 Å². The summed E-state index contributed by atoms with van der Waals surface area (Å²) in [4.78, 5) is 32.9. The molecule has 1 unspecified atom stereocenters. The number of carbonyl (C=O) groups excluding carboxylic acids is 2. The maximum atomic E-state index is 12.7. The molecule has 2 fully saturated rings. The van der Waals surface area contributed by atoms with E-state index in [4.69, 9.17) is 0 Å². The van der Waals surface area contributed by atoms with E-state index in [2.05, 4.69) is 10.4 Å². The topological polar surface area (TPSA) is 53.5 Å². The predicted octanol–water partition coefficient (Wildman–Crippen LogP) is 1.61. The lowest BCUT2D eigenvalue weighted by molar-refractivity contribution is -0.143. The number of aromatic nitrogens is 1. The molecule has 0 radical (unpaired) electrons. The van der Waals surface area contributed by atoms with Crippen LogP contribution >= 0.6 is 11.3 Å². The van der Waals surface area contributed by atoms with Crippen molar-refractivity contribution in [2.24, 2.45) is 0 Å². The van der Waals surface area contributed by atoms with Crippen molar-refractivity contribution >= 4 is 23.2 Å². The van der Waals surface area contributed by atoms with Crippen molar-refractivity contribution in [2.75, 3.05) is 19.6 Å². The number of hydrogen-bond donors (Lipinski definition) is 0. The minimum absolute atomic E-state index is 0.132. The molecule has 1 aromatic rings. The number of carbonyl (C=O) groups is 2. The lowest BCUT2D eigenvalue weighted by atomic mass is 10.0. The van der Waals surface area contributed by atoms with Crippen molar-refractivity contribution in [1.29, 1.82) is 0 Å². The smallest absolute Gasteiger partial charge is 0.245 e. The Morgan fingerprint density at radius 3 is 2.95 bits per heavy atom. The predicted molar refractivity (Wildman–Crippen MR) is 81.1 cm³/mol. The van der Waals surface area contributed by atoms with Gasteiger partial charge >= 0.3 is 0 Å². The highest BCUT2D eigenvalue weighted by molar-refractivity contribution is 7.09. The molecular weight excluding hydrogens is 286 g/mol. The largest absolute Gasteiger partial charge is 0.340 e. The van der Waals surface area contributed by atoms with Crippen LogP contribution in [-0.2, 0) is 16.0 Å². The molecule has 2 saturated heterocycles. The molecule has 0 aliphatic carbocycles. The highest BCUT2D eigenvalue weighted by Crippen LogP contribution is 2.23. The van der Waals surface area contributed by atoms with Gasteiger partial charge in [-0.15, -0.1) is 11.3 Å². The van der Waals surface area contributed by atoms with E-state index in [1.54, 1.807) is 16.2 Å². The maximum Gasteiger partial charge on any atom is 0.245 e. The van der Waals surface area contributed by atoms with E-state index in [1.807, 2.05) is 11.8 Å². The second-order valence-corrected chi connectivity index (χ2v) is 6.84. The zero-order chi connectivity index (χ0) is 14.8. The minimum Gasteiger partial charge on any atom is -0.340 e. The van der Waals surface area contributed by atoms with Crippen molar-refractivity contribution < 1.29 is 9.59 Å². The fraction of sp³-hybridized carbons (Fsp3) is 0.667. The van der Waals surface area contributed by atoms with Crippen LogP contribution in [0.25, 0.3) is 0 Å². The van der Waals surface area contributed by atoms with E-state index in [-0.39, 0.29) is 17.9 Å². The third-order valence-electron chi connectivity index (χ3n) is 4.32. The molecule has 2 aliphatic heterocycles. The fourth-order valence-corrected chi connectivity index (χ4v) is 3.82. The lowest BCUT2D eigenvalue weighted by Crippen LogP contribution is -2.50. The Hall–Kier alpha value is -1.43. The first-order valence-corrected chi connectivity index (χ1v) is 8.52. The number of hydrogen-bond acceptors (Lipinski definition) is 4. The standard InChI is InChI=1S/C15H21N3O2S/c1-11-16-12(10-21-11)5-8-17-9-6-14(19)18-7-3-2-4-13(18)15(17)20/h10,13H,2-9H2,1H3. The Labute approximate surface area is 129 Å². The van der Waals surface area contributed by atoms with Gasteiger partial charge in [0.1, 0.15) is 6.04 Å². The van der Waals surface area contributed by atoms with Crippen molar-refractivity contribution in [1.82, 2.24) is 14.8 Å². The molecule has 2 aliphatic rings. The molecule has 2 amide bonds. The summed E-state index contributed by atoms with van der Waals surface area (Å²) in [6.07, 6.45) is 4.11. The number of aryl methyl sites for hydroxylation is 1. The Bertz CT molecular complexity index is 543. The Kier molecular flexibility index (Phi) is 4.24. The first kappa shape index (κ1) is 14.5. The Morgan fingerprint density at radius 2 is 2.19 bits per heavy atom. The van der Waals surface area contributed by atoms with Gasteiger partial charge in [-0.1, -0.05) is 0 Å². The van der Waals surface area contributed by atoms with Gasteiger partial charge in [0.15, 0.2) is 0 Å². The number of fused-ring (bicyclic) bond motifs is 1. The lowest BCUT2D eigenvalue weighted by Gasteiger charge is -2.34. The molecule has 1 atom stereocenters. The van der Waals surface area contributed by atoms with Crippen LogP contribution in [-0.4, -0.2) is 52.3 Å². The van der Waals surface area contributed by atoms with Crippen LogP contribution in [0.1, 0.15) is 36.4 Å². The van der Waals surface area contributed by atoms with Crippen molar-refractivity contribution in [3.63, 3.8) is 0 Å². The molecule has 0 spiro atoms. The summed E-state index contributed by atoms with van der Waals surface area (Å²) < 4.78 is 0. The zero-order valence-electron chi connectivity index (χ0n) is 12.4. The number of piperidine rings is 1. The Balaban J connectivity index is 1.67. The second kappa shape index (κ2) is 6.13. The molecule has 114 valence electrons. The van der Waals surface area contributed by atoms with Crippen LogP contribution in [0.2, 0.25) is 0 Å². The van der Waals surface area contributed by atoms with E-state index in [0.29, 0.717) is 19.5 Å². The summed E-state index contributed by atoms with van der Waals surface area (Å²) in [5.41, 5.74) is 1.04. The first-order chi connectivity index (χ1) is 10.1. The third-order valence-corrected chi connectivity index (χ3v) is 5.14. The molecule has 1 aromatic heterocycles. The third kappa shape index (κ3) is 3.10. The van der Waals surface area contributed by atoms with E-state index in [1.165, 1.54) is 0 Å². The van der Waals surface area contributed by atoms with Gasteiger partial charge in [-0.2, -0.15) is 0 Å². The van der Waals surface area contributed by atoms with Crippen molar-refractivity contribution in [2.45, 2.75) is 45.1 Å². The van der Waals surface area contributed by atoms with Crippen LogP contribution in [0.5, 0.6) is 0 Å². The second-order valence-electron chi connectivity index (χ2n) is 5.78. The minimum atomic E-state index is -0.217. The molecule has 3 rings (SSSR count). The number of nitrogens with zero attached hydrogens (tertiary/aromatic N) is 3. The van der Waals surface area contributed by atoms with Gasteiger partial charge in [-0.05, 0) is 26.2 Å². The molecule has 3 heterocycles. The van der Waals surface area contributed by atoms with Gasteiger partial charge in [0, 0.05) is 37.9 Å². The molecule has 0 aromatic carbocycles. The SMILES string of the molecule is Cc1nc(CCN2CCC(=O)N3CCCCC3C2=O)cs1. The molecule has 21 heavy (non-hydrogen) atoms. The molecule has 0 N–H and O–H groups in total. The van der Waals surface area contributed by atoms with E-state index in [0.717, 1.165) is 42.9 Å². The zero-order valence-corrected chi connectivity index (χ0v) is 13.2. The summed E-state index contributed by atoms with van der Waals surface area (Å²) in [6.45, 7) is 3.95. The van der Waals surface area contributed by atoms with Gasteiger partial charge in [0.2, 0.25) is 11.8 Å². The van der Waals surface area contributed by atoms with Gasteiger partial charge in [0.25, 0.3) is 0 Å². The quantitative estimate of drug-likeness (QED) is 0.852. The average molecular weight is 307 g/mol. The van der Waals surface area contributed by atoms with Gasteiger partial charge in [-0.25, -0.2) is 4.98 Å². The maximum absolute atomic E-state index is 12.7. The van der Waals surface area contributed by atoms with E-state index in [9.17, 15) is 9.59 Å². The monoisotopic (exact) mass is 307 g/mol. The summed E-state index contributed by atoms with van der Waals surface area (Å²) in [7, 11) is 0. The number of thiazole rings is 1. The first-order valence-electron chi connectivity index (χ1n) is 7.64. The molecule has 0 bridgehead atoms. The summed E-state index contributed by atoms with van der Waals surface area (Å²) >= 11 is 1.64. The van der Waals surface area contributed by atoms with Crippen molar-refractivity contribution in [3.05, 3.63) is 16.1 Å². The Morgan fingerprint density at radius 1 is 1.33 bits per heavy atom. The summed E-state index contributed by atoms with van der Waals surface area (Å²) in [6, 6.07) is -0.217. The molecule has 5 nitrogen and oxygen atoms in total. The van der Waals surface area contributed by atoms with E-state index >= 15 is 0 Å². The molecule has 0 saturated carbocycles. The normalized spacial score (nSPS) is 23.2. The highest BCUT2D eigenvalue weighted by atomic mass is 32.1. The fourth-order valence-electron chi connectivity index (χ4n) is 3.18. The summed E-state index contributed by atoms with van der Waals surface area (Å²) in [5.74, 6) is 0.271. The van der Waals surface area contributed by atoms with Gasteiger partial charge in [-0.3, -0.25) is 9.59 Å². The molecule has 6 heteroatoms. The number of amides is 2. The van der Waals surface area contributed by atoms with Gasteiger partial charge < -0.3 is 9.80 Å². The average Bonchev–Trinajstić information content (AvgIpc) is 2.87. The van der Waals surface area contributed by atoms with Crippen LogP contribution in [0.3, 0.4) is 0 Å². The van der Waals surface area contributed by atoms with Crippen molar-refractivity contribution in [3.8, 4) is 0 Å². The van der Waals surface area contributed by atoms with Crippen LogP contribution in [0.4, 0.5) is 0 Å². The summed E-state index contributed by atoms with van der Waals surface area (Å²) in [5, 5.41) is 3.11. The number of rotatable bonds is 3. The van der Waals surface area contributed by atoms with E-state index < -0.39 is 0 Å². The highest BCUT2D eigenvalue weighted by Gasteiger charge is 2.37. The van der Waals surface area contributed by atoms with Gasteiger partial charge in [0.05, 0.1) is 10.7 Å². The van der Waals surface area contributed by atoms with Crippen LogP contribution in [0, 0.1) is 6.92 Å². The van der Waals surface area contributed by atoms with Crippen LogP contribution in [0.15, 0.2) is 5.38 Å². The molecular formula is C15H21N3O2S.